The fourth-order valence-electron chi connectivity index (χ4n) is 9.61. The SMILES string of the molecule is CC(C)CCC[C@@H](C)[C@@H]1CC[C@@H]2[C@@H]3C[C@H]([N+](=O)[O-])[C@H]4CCCC[C@]4(C)[C@H]3CC[C@@]21C. The summed E-state index contributed by atoms with van der Waals surface area (Å²) in [5.41, 5.74) is 0.651. The van der Waals surface area contributed by atoms with Crippen molar-refractivity contribution in [1.82, 2.24) is 0 Å². The first kappa shape index (κ1) is 22.6. The Bertz CT molecular complexity index is 632. The molecule has 172 valence electrons. The quantitative estimate of drug-likeness (QED) is 0.327. The summed E-state index contributed by atoms with van der Waals surface area (Å²) in [6, 6.07) is -0.276. The molecule has 4 fully saturated rings. The fraction of sp³-hybridized carbons (Fsp3) is 1.00. The molecule has 0 bridgehead atoms. The van der Waals surface area contributed by atoms with E-state index in [1.165, 1.54) is 64.2 Å². The monoisotopic (exact) mass is 417 g/mol. The molecule has 30 heavy (non-hydrogen) atoms. The van der Waals surface area contributed by atoms with Crippen LogP contribution in [0.15, 0.2) is 0 Å². The Morgan fingerprint density at radius 3 is 2.33 bits per heavy atom. The van der Waals surface area contributed by atoms with Crippen molar-refractivity contribution in [2.75, 3.05) is 0 Å². The zero-order valence-corrected chi connectivity index (χ0v) is 20.4. The second kappa shape index (κ2) is 8.39. The molecule has 4 aliphatic rings. The van der Waals surface area contributed by atoms with E-state index in [1.807, 2.05) is 0 Å². The highest BCUT2D eigenvalue weighted by atomic mass is 16.6. The number of hydrogen-bond donors (Lipinski definition) is 0. The lowest BCUT2D eigenvalue weighted by molar-refractivity contribution is -0.547. The molecule has 3 heteroatoms. The smallest absolute Gasteiger partial charge is 0.216 e. The summed E-state index contributed by atoms with van der Waals surface area (Å²) in [5, 5.41) is 12.1. The minimum absolute atomic E-state index is 0.136. The lowest BCUT2D eigenvalue weighted by Crippen LogP contribution is -2.58. The van der Waals surface area contributed by atoms with Crippen molar-refractivity contribution in [2.24, 2.45) is 52.3 Å². The molecule has 0 spiro atoms. The molecule has 4 rings (SSSR count). The Balaban J connectivity index is 1.54. The van der Waals surface area contributed by atoms with E-state index in [0.29, 0.717) is 17.3 Å². The van der Waals surface area contributed by atoms with E-state index >= 15 is 0 Å². The van der Waals surface area contributed by atoms with Crippen molar-refractivity contribution >= 4 is 0 Å². The molecule has 9 atom stereocenters. The van der Waals surface area contributed by atoms with Crippen LogP contribution < -0.4 is 0 Å². The van der Waals surface area contributed by atoms with Gasteiger partial charge < -0.3 is 0 Å². The van der Waals surface area contributed by atoms with Gasteiger partial charge in [0.15, 0.2) is 0 Å². The van der Waals surface area contributed by atoms with Crippen LogP contribution in [0, 0.1) is 62.4 Å². The molecule has 0 aromatic heterocycles. The lowest BCUT2D eigenvalue weighted by atomic mass is 9.43. The van der Waals surface area contributed by atoms with Gasteiger partial charge in [-0.2, -0.15) is 0 Å². The van der Waals surface area contributed by atoms with Crippen LogP contribution in [-0.4, -0.2) is 11.0 Å². The second-order valence-corrected chi connectivity index (χ2v) is 12.9. The van der Waals surface area contributed by atoms with Crippen LogP contribution in [0.1, 0.15) is 112 Å². The van der Waals surface area contributed by atoms with Crippen LogP contribution in [0.4, 0.5) is 0 Å². The third kappa shape index (κ3) is 3.64. The van der Waals surface area contributed by atoms with E-state index in [9.17, 15) is 10.1 Å². The number of nitrogens with zero attached hydrogens (tertiary/aromatic N) is 1. The average Bonchev–Trinajstić information content (AvgIpc) is 3.03. The Morgan fingerprint density at radius 2 is 1.63 bits per heavy atom. The van der Waals surface area contributed by atoms with Crippen molar-refractivity contribution in [1.29, 1.82) is 0 Å². The van der Waals surface area contributed by atoms with Gasteiger partial charge >= 0.3 is 0 Å². The summed E-state index contributed by atoms with van der Waals surface area (Å²) in [7, 11) is 0. The van der Waals surface area contributed by atoms with Gasteiger partial charge in [-0.3, -0.25) is 10.1 Å². The minimum atomic E-state index is -0.276. The number of hydrogen-bond acceptors (Lipinski definition) is 2. The Labute approximate surface area is 185 Å². The maximum Gasteiger partial charge on any atom is 0.216 e. The van der Waals surface area contributed by atoms with Gasteiger partial charge in [0.05, 0.1) is 0 Å². The summed E-state index contributed by atoms with van der Waals surface area (Å²) in [5.74, 6) is 4.86. The summed E-state index contributed by atoms with van der Waals surface area (Å²) in [4.78, 5) is 12.3. The van der Waals surface area contributed by atoms with Crippen LogP contribution >= 0.6 is 0 Å². The molecular formula is C27H47NO2. The molecule has 3 nitrogen and oxygen atoms in total. The summed E-state index contributed by atoms with van der Waals surface area (Å²) in [6.07, 6.45) is 15.2. The van der Waals surface area contributed by atoms with Crippen LogP contribution in [0.25, 0.3) is 0 Å². The highest BCUT2D eigenvalue weighted by Gasteiger charge is 2.64. The molecule has 0 N–H and O–H groups in total. The first-order valence-corrected chi connectivity index (χ1v) is 13.3. The maximum absolute atomic E-state index is 12.1. The van der Waals surface area contributed by atoms with Crippen molar-refractivity contribution < 1.29 is 4.92 Å². The number of nitro groups is 1. The molecule has 0 aromatic carbocycles. The van der Waals surface area contributed by atoms with Gasteiger partial charge in [0.1, 0.15) is 0 Å². The first-order valence-electron chi connectivity index (χ1n) is 13.3. The van der Waals surface area contributed by atoms with Crippen LogP contribution in [0.3, 0.4) is 0 Å². The largest absolute Gasteiger partial charge is 0.264 e. The number of fused-ring (bicyclic) bond motifs is 5. The van der Waals surface area contributed by atoms with E-state index < -0.39 is 0 Å². The first-order chi connectivity index (χ1) is 14.2. The van der Waals surface area contributed by atoms with Gasteiger partial charge in [-0.05, 0) is 84.9 Å². The third-order valence-corrected chi connectivity index (χ3v) is 11.1. The molecule has 0 heterocycles. The second-order valence-electron chi connectivity index (χ2n) is 12.9. The van der Waals surface area contributed by atoms with Crippen molar-refractivity contribution in [2.45, 2.75) is 118 Å². The molecule has 0 aliphatic heterocycles. The minimum Gasteiger partial charge on any atom is -0.264 e. The van der Waals surface area contributed by atoms with Gasteiger partial charge in [-0.1, -0.05) is 66.7 Å². The Hall–Kier alpha value is -0.600. The molecule has 0 radical (unpaired) electrons. The average molecular weight is 418 g/mol. The molecule has 4 aliphatic carbocycles. The van der Waals surface area contributed by atoms with E-state index in [-0.39, 0.29) is 16.4 Å². The molecule has 4 saturated carbocycles. The highest BCUT2D eigenvalue weighted by Crippen LogP contribution is 2.68. The van der Waals surface area contributed by atoms with Crippen molar-refractivity contribution in [3.05, 3.63) is 10.1 Å². The fourth-order valence-corrected chi connectivity index (χ4v) is 9.61. The zero-order chi connectivity index (χ0) is 21.7. The van der Waals surface area contributed by atoms with Crippen LogP contribution in [0.2, 0.25) is 0 Å². The van der Waals surface area contributed by atoms with E-state index in [2.05, 4.69) is 34.6 Å². The highest BCUT2D eigenvalue weighted by molar-refractivity contribution is 5.11. The summed E-state index contributed by atoms with van der Waals surface area (Å²) in [6.45, 7) is 12.3. The van der Waals surface area contributed by atoms with E-state index in [0.717, 1.165) is 42.4 Å². The van der Waals surface area contributed by atoms with Crippen LogP contribution in [0.5, 0.6) is 0 Å². The van der Waals surface area contributed by atoms with Gasteiger partial charge in [0, 0.05) is 17.3 Å². The molecule has 0 aromatic rings. The van der Waals surface area contributed by atoms with E-state index in [4.69, 9.17) is 0 Å². The third-order valence-electron chi connectivity index (χ3n) is 11.1. The lowest BCUT2D eigenvalue weighted by Gasteiger charge is -2.60. The van der Waals surface area contributed by atoms with Gasteiger partial charge in [0.2, 0.25) is 6.04 Å². The molecule has 0 saturated heterocycles. The normalized spacial score (nSPS) is 46.7. The van der Waals surface area contributed by atoms with Gasteiger partial charge in [0.25, 0.3) is 0 Å². The Kier molecular flexibility index (Phi) is 6.32. The molecule has 0 unspecified atom stereocenters. The van der Waals surface area contributed by atoms with Crippen molar-refractivity contribution in [3.63, 3.8) is 0 Å². The molecular weight excluding hydrogens is 370 g/mol. The Morgan fingerprint density at radius 1 is 0.900 bits per heavy atom. The standard InChI is InChI=1S/C27H47NO2/c1-18(2)9-8-10-19(3)21-12-13-22-20-17-25(28(29)30)24-11-6-7-15-26(24,4)23(20)14-16-27(21,22)5/h18-25H,6-17H2,1-5H3/t19-,20+,21+,22-,23+,24-,25+,26-,27-/m1/s1. The topological polar surface area (TPSA) is 43.1 Å². The number of rotatable bonds is 6. The van der Waals surface area contributed by atoms with E-state index in [1.54, 1.807) is 0 Å². The maximum atomic E-state index is 12.1. The van der Waals surface area contributed by atoms with Gasteiger partial charge in [-0.15, -0.1) is 0 Å². The zero-order valence-electron chi connectivity index (χ0n) is 20.4. The predicted molar refractivity (Wildman–Crippen MR) is 124 cm³/mol. The summed E-state index contributed by atoms with van der Waals surface area (Å²) < 4.78 is 0. The molecule has 0 amide bonds. The van der Waals surface area contributed by atoms with Crippen LogP contribution in [-0.2, 0) is 0 Å². The predicted octanol–water partition coefficient (Wildman–Crippen LogP) is 7.75. The van der Waals surface area contributed by atoms with Crippen molar-refractivity contribution in [3.8, 4) is 0 Å². The summed E-state index contributed by atoms with van der Waals surface area (Å²) >= 11 is 0. The van der Waals surface area contributed by atoms with Gasteiger partial charge in [-0.25, -0.2) is 0 Å².